The minimum absolute atomic E-state index is 0.0193. The molecule has 0 fully saturated rings. The van der Waals surface area contributed by atoms with E-state index in [1.165, 1.54) is 25.7 Å². The molecule has 0 aliphatic heterocycles. The quantitative estimate of drug-likeness (QED) is 0.719. The van der Waals surface area contributed by atoms with Crippen LogP contribution in [0.15, 0.2) is 23.3 Å². The van der Waals surface area contributed by atoms with Crippen LogP contribution in [-0.4, -0.2) is 7.11 Å². The maximum Gasteiger partial charge on any atom is 0.154 e. The highest BCUT2D eigenvalue weighted by molar-refractivity contribution is 5.42. The monoisotopic (exact) mass is 198 g/mol. The Morgan fingerprint density at radius 2 is 2.00 bits per heavy atom. The Labute approximate surface area is 83.4 Å². The fourth-order valence-corrected chi connectivity index (χ4v) is 0.705. The van der Waals surface area contributed by atoms with Crippen molar-refractivity contribution in [2.24, 2.45) is 5.11 Å². The van der Waals surface area contributed by atoms with Gasteiger partial charge in [-0.05, 0) is 12.1 Å². The van der Waals surface area contributed by atoms with E-state index in [4.69, 9.17) is 10.3 Å². The number of ether oxygens (including phenoxy) is 1. The second kappa shape index (κ2) is 7.00. The van der Waals surface area contributed by atoms with Gasteiger partial charge in [-0.1, -0.05) is 20.3 Å². The lowest BCUT2D eigenvalue weighted by molar-refractivity contribution is 0.411. The van der Waals surface area contributed by atoms with E-state index < -0.39 is 5.82 Å². The highest BCUT2D eigenvalue weighted by Crippen LogP contribution is 2.21. The maximum absolute atomic E-state index is 12.7. The summed E-state index contributed by atoms with van der Waals surface area (Å²) in [5.41, 5.74) is 6.58. The normalized spacial score (nSPS) is 8.57. The summed E-state index contributed by atoms with van der Waals surface area (Å²) in [4.78, 5) is 0. The average Bonchev–Trinajstić information content (AvgIpc) is 2.19. The Morgan fingerprint density at radius 1 is 1.43 bits per heavy atom. The second-order valence-corrected chi connectivity index (χ2v) is 2.64. The number of methoxy groups -OCH3 is 1. The molecular formula is C10H15FN2O. The van der Waals surface area contributed by atoms with Crippen LogP contribution in [0, 0.1) is 11.3 Å². The molecule has 0 spiro atoms. The molecule has 0 bridgehead atoms. The minimum atomic E-state index is -0.542. The summed E-state index contributed by atoms with van der Waals surface area (Å²) in [7, 11) is 1.45. The lowest BCUT2D eigenvalue weighted by Crippen LogP contribution is -1.83. The van der Waals surface area contributed by atoms with Gasteiger partial charge in [-0.15, -0.1) is 0 Å². The van der Waals surface area contributed by atoms with Crippen molar-refractivity contribution >= 4 is 5.69 Å². The van der Waals surface area contributed by atoms with Crippen LogP contribution in [-0.2, 0) is 0 Å². The Morgan fingerprint density at radius 3 is 2.36 bits per heavy atom. The molecule has 0 saturated carbocycles. The fourth-order valence-electron chi connectivity index (χ4n) is 0.705. The molecule has 0 heterocycles. The third-order valence-corrected chi connectivity index (χ3v) is 1.28. The van der Waals surface area contributed by atoms with Crippen LogP contribution in [0.3, 0.4) is 0 Å². The van der Waals surface area contributed by atoms with Gasteiger partial charge < -0.3 is 4.74 Å². The standard InChI is InChI=1S/C7H7FN2O.C3H8/c1-11-5-2-3-7(10-9)6(8)4-5;1-3-2/h2-4,9H,1H3;3H2,1-2H3. The van der Waals surface area contributed by atoms with Crippen LogP contribution < -0.4 is 4.74 Å². The average molecular weight is 198 g/mol. The highest BCUT2D eigenvalue weighted by atomic mass is 19.1. The van der Waals surface area contributed by atoms with Gasteiger partial charge in [0.1, 0.15) is 11.4 Å². The molecule has 0 aliphatic rings. The van der Waals surface area contributed by atoms with Crippen molar-refractivity contribution in [2.45, 2.75) is 20.3 Å². The van der Waals surface area contributed by atoms with Crippen molar-refractivity contribution in [3.8, 4) is 5.75 Å². The predicted molar refractivity (Wildman–Crippen MR) is 53.7 cm³/mol. The molecule has 1 aromatic rings. The number of benzene rings is 1. The Kier molecular flexibility index (Phi) is 6.28. The van der Waals surface area contributed by atoms with Crippen LogP contribution >= 0.6 is 0 Å². The van der Waals surface area contributed by atoms with Crippen LogP contribution in [0.25, 0.3) is 0 Å². The van der Waals surface area contributed by atoms with E-state index in [9.17, 15) is 4.39 Å². The van der Waals surface area contributed by atoms with Crippen LogP contribution in [0.5, 0.6) is 5.75 Å². The molecule has 0 radical (unpaired) electrons. The van der Waals surface area contributed by atoms with E-state index in [2.05, 4.69) is 19.0 Å². The Bertz CT molecular complexity index is 289. The molecular weight excluding hydrogens is 183 g/mol. The minimum Gasteiger partial charge on any atom is -0.497 e. The summed E-state index contributed by atoms with van der Waals surface area (Å²) in [5, 5.41) is 2.96. The van der Waals surface area contributed by atoms with Crippen molar-refractivity contribution < 1.29 is 9.13 Å². The van der Waals surface area contributed by atoms with E-state index in [1.807, 2.05) is 0 Å². The molecule has 0 atom stereocenters. The number of nitrogens with zero attached hydrogens (tertiary/aromatic N) is 1. The van der Waals surface area contributed by atoms with Crippen LogP contribution in [0.1, 0.15) is 20.3 Å². The summed E-state index contributed by atoms with van der Waals surface area (Å²) in [6, 6.07) is 4.13. The van der Waals surface area contributed by atoms with Crippen molar-refractivity contribution in [3.05, 3.63) is 24.0 Å². The summed E-state index contributed by atoms with van der Waals surface area (Å²) in [5.74, 6) is -0.116. The lowest BCUT2D eigenvalue weighted by atomic mass is 10.3. The zero-order chi connectivity index (χ0) is 11.0. The van der Waals surface area contributed by atoms with Crippen molar-refractivity contribution in [2.75, 3.05) is 7.11 Å². The van der Waals surface area contributed by atoms with Gasteiger partial charge in [-0.25, -0.2) is 9.92 Å². The first-order valence-corrected chi connectivity index (χ1v) is 4.40. The second-order valence-electron chi connectivity index (χ2n) is 2.64. The molecule has 0 saturated heterocycles. The van der Waals surface area contributed by atoms with E-state index in [1.54, 1.807) is 6.07 Å². The molecule has 1 rings (SSSR count). The SMILES string of the molecule is CCC.COc1ccc(N=N)c(F)c1. The number of halogens is 1. The largest absolute Gasteiger partial charge is 0.497 e. The van der Waals surface area contributed by atoms with Crippen LogP contribution in [0.2, 0.25) is 0 Å². The van der Waals surface area contributed by atoms with Gasteiger partial charge in [0, 0.05) is 6.07 Å². The van der Waals surface area contributed by atoms with Crippen molar-refractivity contribution in [1.29, 1.82) is 5.53 Å². The highest BCUT2D eigenvalue weighted by Gasteiger charge is 2.00. The molecule has 1 aromatic carbocycles. The van der Waals surface area contributed by atoms with Gasteiger partial charge in [0.15, 0.2) is 5.82 Å². The Hall–Kier alpha value is -1.45. The predicted octanol–water partition coefficient (Wildman–Crippen LogP) is 3.91. The molecule has 0 aromatic heterocycles. The smallest absolute Gasteiger partial charge is 0.154 e. The fraction of sp³-hybridized carbons (Fsp3) is 0.400. The van der Waals surface area contributed by atoms with E-state index >= 15 is 0 Å². The molecule has 14 heavy (non-hydrogen) atoms. The van der Waals surface area contributed by atoms with Crippen molar-refractivity contribution in [1.82, 2.24) is 0 Å². The van der Waals surface area contributed by atoms with Gasteiger partial charge in [-0.2, -0.15) is 5.11 Å². The van der Waals surface area contributed by atoms with Gasteiger partial charge in [0.2, 0.25) is 0 Å². The summed E-state index contributed by atoms with van der Waals surface area (Å²) in [6.07, 6.45) is 1.25. The molecule has 4 heteroatoms. The molecule has 0 aliphatic carbocycles. The zero-order valence-electron chi connectivity index (χ0n) is 8.67. The number of hydrogen-bond donors (Lipinski definition) is 1. The van der Waals surface area contributed by atoms with Crippen LogP contribution in [0.4, 0.5) is 10.1 Å². The summed E-state index contributed by atoms with van der Waals surface area (Å²) >= 11 is 0. The molecule has 1 N–H and O–H groups in total. The topological polar surface area (TPSA) is 45.4 Å². The number of nitrogens with one attached hydrogen (secondary N) is 1. The third-order valence-electron chi connectivity index (χ3n) is 1.28. The van der Waals surface area contributed by atoms with Gasteiger partial charge in [-0.3, -0.25) is 0 Å². The van der Waals surface area contributed by atoms with Gasteiger partial charge in [0.05, 0.1) is 7.11 Å². The number of hydrogen-bond acceptors (Lipinski definition) is 3. The first-order chi connectivity index (χ1) is 6.69. The molecule has 0 amide bonds. The van der Waals surface area contributed by atoms with E-state index in [0.717, 1.165) is 0 Å². The van der Waals surface area contributed by atoms with E-state index in [-0.39, 0.29) is 5.69 Å². The molecule has 0 unspecified atom stereocenters. The molecule has 78 valence electrons. The molecule has 3 nitrogen and oxygen atoms in total. The maximum atomic E-state index is 12.7. The van der Waals surface area contributed by atoms with Gasteiger partial charge >= 0.3 is 0 Å². The lowest BCUT2D eigenvalue weighted by Gasteiger charge is -1.99. The first-order valence-electron chi connectivity index (χ1n) is 4.40. The van der Waals surface area contributed by atoms with Gasteiger partial charge in [0.25, 0.3) is 0 Å². The Balaban J connectivity index is 0.000000500. The summed E-state index contributed by atoms with van der Waals surface area (Å²) < 4.78 is 17.5. The number of rotatable bonds is 2. The third kappa shape index (κ3) is 3.98. The first kappa shape index (κ1) is 12.6. The summed E-state index contributed by atoms with van der Waals surface area (Å²) in [6.45, 7) is 4.25. The zero-order valence-corrected chi connectivity index (χ0v) is 8.67. The van der Waals surface area contributed by atoms with E-state index in [0.29, 0.717) is 5.75 Å². The van der Waals surface area contributed by atoms with Crippen molar-refractivity contribution in [3.63, 3.8) is 0 Å².